The van der Waals surface area contributed by atoms with Crippen LogP contribution in [0.15, 0.2) is 48.0 Å². The number of nitrogens with zero attached hydrogens (tertiary/aromatic N) is 1. The number of ketones is 1. The Morgan fingerprint density at radius 1 is 1.00 bits per heavy atom. The molecule has 1 N–H and O–H groups in total. The van der Waals surface area contributed by atoms with Crippen LogP contribution in [0.3, 0.4) is 0 Å². The van der Waals surface area contributed by atoms with Gasteiger partial charge >= 0.3 is 0 Å². The predicted octanol–water partition coefficient (Wildman–Crippen LogP) is 4.64. The topological polar surface area (TPSA) is 85.3 Å². The molecule has 1 saturated heterocycles. The molecule has 1 heterocycles. The highest BCUT2D eigenvalue weighted by molar-refractivity contribution is 6.46. The SMILES string of the molecule is COCCN1C(=O)C(=O)/C(=C(\O)c2ccc(OC(C)C)c(C)c2)C1c1ccccc1OC(C)C. The summed E-state index contributed by atoms with van der Waals surface area (Å²) in [5, 5.41) is 11.3. The van der Waals surface area contributed by atoms with E-state index in [4.69, 9.17) is 14.2 Å². The number of aliphatic hydroxyl groups is 1. The first-order valence-electron chi connectivity index (χ1n) is 11.5. The molecule has 0 spiro atoms. The van der Waals surface area contributed by atoms with Crippen LogP contribution in [-0.4, -0.2) is 54.2 Å². The van der Waals surface area contributed by atoms with Gasteiger partial charge in [0.15, 0.2) is 0 Å². The van der Waals surface area contributed by atoms with Gasteiger partial charge in [0.05, 0.1) is 30.4 Å². The summed E-state index contributed by atoms with van der Waals surface area (Å²) in [6.45, 7) is 9.99. The maximum Gasteiger partial charge on any atom is 0.295 e. The number of ether oxygens (including phenoxy) is 3. The molecule has 1 unspecified atom stereocenters. The van der Waals surface area contributed by atoms with E-state index in [1.54, 1.807) is 24.3 Å². The Morgan fingerprint density at radius 3 is 2.26 bits per heavy atom. The second-order valence-electron chi connectivity index (χ2n) is 8.84. The van der Waals surface area contributed by atoms with E-state index in [2.05, 4.69) is 0 Å². The summed E-state index contributed by atoms with van der Waals surface area (Å²) in [5.41, 5.74) is 1.90. The van der Waals surface area contributed by atoms with Gasteiger partial charge in [-0.05, 0) is 64.4 Å². The molecule has 0 bridgehead atoms. The molecule has 1 aliphatic rings. The minimum atomic E-state index is -0.808. The molecule has 1 aliphatic heterocycles. The molecule has 7 heteroatoms. The van der Waals surface area contributed by atoms with E-state index < -0.39 is 17.7 Å². The first-order chi connectivity index (χ1) is 16.1. The Kier molecular flexibility index (Phi) is 7.99. The van der Waals surface area contributed by atoms with E-state index in [1.165, 1.54) is 12.0 Å². The van der Waals surface area contributed by atoms with Crippen molar-refractivity contribution in [3.63, 3.8) is 0 Å². The molecule has 1 atom stereocenters. The number of carbonyl (C=O) groups excluding carboxylic acids is 2. The fraction of sp³-hybridized carbons (Fsp3) is 0.407. The zero-order valence-corrected chi connectivity index (χ0v) is 20.6. The number of rotatable bonds is 9. The summed E-state index contributed by atoms with van der Waals surface area (Å²) in [6, 6.07) is 11.7. The largest absolute Gasteiger partial charge is 0.507 e. The third-order valence-corrected chi connectivity index (χ3v) is 5.46. The van der Waals surface area contributed by atoms with E-state index in [1.807, 2.05) is 52.8 Å². The molecule has 2 aromatic carbocycles. The minimum absolute atomic E-state index is 0.00159. The Morgan fingerprint density at radius 2 is 1.65 bits per heavy atom. The van der Waals surface area contributed by atoms with Gasteiger partial charge in [0.25, 0.3) is 11.7 Å². The van der Waals surface area contributed by atoms with Gasteiger partial charge in [-0.1, -0.05) is 18.2 Å². The number of carbonyl (C=O) groups is 2. The quantitative estimate of drug-likeness (QED) is 0.329. The first kappa shape index (κ1) is 25.3. The van der Waals surface area contributed by atoms with Crippen molar-refractivity contribution in [3.05, 3.63) is 64.7 Å². The molecule has 1 fully saturated rings. The number of Topliss-reactive ketones (excluding diaryl/α,β-unsaturated/α-hetero) is 1. The monoisotopic (exact) mass is 467 g/mol. The van der Waals surface area contributed by atoms with Gasteiger partial charge in [0.2, 0.25) is 0 Å². The molecule has 7 nitrogen and oxygen atoms in total. The van der Waals surface area contributed by atoms with E-state index in [0.29, 0.717) is 22.6 Å². The van der Waals surface area contributed by atoms with Crippen molar-refractivity contribution in [1.29, 1.82) is 0 Å². The Balaban J connectivity index is 2.17. The number of hydrogen-bond acceptors (Lipinski definition) is 6. The van der Waals surface area contributed by atoms with Gasteiger partial charge in [-0.15, -0.1) is 0 Å². The van der Waals surface area contributed by atoms with Crippen molar-refractivity contribution in [1.82, 2.24) is 4.90 Å². The molecule has 0 aromatic heterocycles. The zero-order valence-electron chi connectivity index (χ0n) is 20.6. The van der Waals surface area contributed by atoms with Gasteiger partial charge in [0, 0.05) is 24.8 Å². The standard InChI is InChI=1S/C27H33NO6/c1-16(2)33-21-12-11-19(15-18(21)5)25(29)23-24(28(13-14-32-6)27(31)26(23)30)20-9-7-8-10-22(20)34-17(3)4/h7-12,15-17,24,29H,13-14H2,1-6H3/b25-23-. The van der Waals surface area contributed by atoms with Crippen molar-refractivity contribution in [2.75, 3.05) is 20.3 Å². The van der Waals surface area contributed by atoms with Crippen molar-refractivity contribution in [2.45, 2.75) is 52.9 Å². The van der Waals surface area contributed by atoms with Crippen molar-refractivity contribution in [3.8, 4) is 11.5 Å². The van der Waals surface area contributed by atoms with Crippen LogP contribution < -0.4 is 9.47 Å². The fourth-order valence-corrected chi connectivity index (χ4v) is 4.03. The van der Waals surface area contributed by atoms with Crippen molar-refractivity contribution >= 4 is 17.4 Å². The third-order valence-electron chi connectivity index (χ3n) is 5.46. The third kappa shape index (κ3) is 5.25. The van der Waals surface area contributed by atoms with Gasteiger partial charge in [-0.25, -0.2) is 0 Å². The molecule has 0 radical (unpaired) electrons. The van der Waals surface area contributed by atoms with Crippen LogP contribution in [0.2, 0.25) is 0 Å². The number of aryl methyl sites for hydroxylation is 1. The van der Waals surface area contributed by atoms with Crippen LogP contribution in [0, 0.1) is 6.92 Å². The van der Waals surface area contributed by atoms with Crippen LogP contribution in [0.1, 0.15) is 50.4 Å². The minimum Gasteiger partial charge on any atom is -0.507 e. The number of likely N-dealkylation sites (tertiary alicyclic amines) is 1. The van der Waals surface area contributed by atoms with Gasteiger partial charge in [0.1, 0.15) is 17.3 Å². The van der Waals surface area contributed by atoms with Crippen LogP contribution in [0.25, 0.3) is 5.76 Å². The molecular weight excluding hydrogens is 434 g/mol. The highest BCUT2D eigenvalue weighted by atomic mass is 16.5. The maximum atomic E-state index is 13.2. The number of aliphatic hydroxyl groups excluding tert-OH is 1. The number of amides is 1. The zero-order chi connectivity index (χ0) is 25.0. The fourth-order valence-electron chi connectivity index (χ4n) is 4.03. The lowest BCUT2D eigenvalue weighted by atomic mass is 9.94. The lowest BCUT2D eigenvalue weighted by molar-refractivity contribution is -0.140. The molecule has 1 amide bonds. The Labute approximate surface area is 200 Å². The van der Waals surface area contributed by atoms with Crippen molar-refractivity contribution < 1.29 is 28.9 Å². The van der Waals surface area contributed by atoms with E-state index in [9.17, 15) is 14.7 Å². The molecule has 0 aliphatic carbocycles. The van der Waals surface area contributed by atoms with Crippen LogP contribution in [0.5, 0.6) is 11.5 Å². The van der Waals surface area contributed by atoms with Gasteiger partial charge in [-0.2, -0.15) is 0 Å². The average molecular weight is 468 g/mol. The normalized spacial score (nSPS) is 17.6. The van der Waals surface area contributed by atoms with Crippen LogP contribution in [-0.2, 0) is 14.3 Å². The van der Waals surface area contributed by atoms with E-state index >= 15 is 0 Å². The van der Waals surface area contributed by atoms with Crippen LogP contribution in [0.4, 0.5) is 0 Å². The Hall–Kier alpha value is -3.32. The number of hydrogen-bond donors (Lipinski definition) is 1. The van der Waals surface area contributed by atoms with Gasteiger partial charge in [-0.3, -0.25) is 9.59 Å². The highest BCUT2D eigenvalue weighted by Gasteiger charge is 2.47. The molecule has 3 rings (SSSR count). The second-order valence-corrected chi connectivity index (χ2v) is 8.84. The second kappa shape index (κ2) is 10.7. The number of benzene rings is 2. The molecule has 2 aromatic rings. The van der Waals surface area contributed by atoms with Gasteiger partial charge < -0.3 is 24.2 Å². The lowest BCUT2D eigenvalue weighted by Crippen LogP contribution is -2.33. The Bertz CT molecular complexity index is 1090. The molecular formula is C27H33NO6. The lowest BCUT2D eigenvalue weighted by Gasteiger charge is -2.27. The van der Waals surface area contributed by atoms with E-state index in [0.717, 1.165) is 5.56 Å². The van der Waals surface area contributed by atoms with Crippen molar-refractivity contribution in [2.24, 2.45) is 0 Å². The predicted molar refractivity (Wildman–Crippen MR) is 130 cm³/mol. The van der Waals surface area contributed by atoms with E-state index in [-0.39, 0.29) is 36.7 Å². The molecule has 34 heavy (non-hydrogen) atoms. The smallest absolute Gasteiger partial charge is 0.295 e. The number of para-hydroxylation sites is 1. The maximum absolute atomic E-state index is 13.2. The summed E-state index contributed by atoms with van der Waals surface area (Å²) >= 11 is 0. The number of methoxy groups -OCH3 is 1. The summed E-state index contributed by atoms with van der Waals surface area (Å²) in [5.74, 6) is -0.409. The van der Waals surface area contributed by atoms with Crippen LogP contribution >= 0.6 is 0 Å². The highest BCUT2D eigenvalue weighted by Crippen LogP contribution is 2.43. The summed E-state index contributed by atoms with van der Waals surface area (Å²) in [6.07, 6.45) is -0.111. The summed E-state index contributed by atoms with van der Waals surface area (Å²) in [4.78, 5) is 27.7. The molecule has 182 valence electrons. The first-order valence-corrected chi connectivity index (χ1v) is 11.5. The average Bonchev–Trinajstić information content (AvgIpc) is 3.03. The summed E-state index contributed by atoms with van der Waals surface area (Å²) < 4.78 is 17.0. The summed E-state index contributed by atoms with van der Waals surface area (Å²) in [7, 11) is 1.53. The molecule has 0 saturated carbocycles.